The number of nitrogens with zero attached hydrogens (tertiary/aromatic N) is 1. The molecule has 152 valence electrons. The normalized spacial score (nSPS) is 16.2. The first-order valence-corrected chi connectivity index (χ1v) is 11.1. The number of thioether (sulfide) groups is 1. The van der Waals surface area contributed by atoms with E-state index >= 15 is 0 Å². The second-order valence-corrected chi connectivity index (χ2v) is 8.69. The Bertz CT molecular complexity index is 1050. The number of hydrogen-bond donors (Lipinski definition) is 1. The van der Waals surface area contributed by atoms with Gasteiger partial charge in [-0.2, -0.15) is 0 Å². The molecule has 4 nitrogen and oxygen atoms in total. The lowest BCUT2D eigenvalue weighted by Gasteiger charge is -2.25. The number of benzene rings is 3. The lowest BCUT2D eigenvalue weighted by Crippen LogP contribution is -2.27. The molecule has 0 radical (unpaired) electrons. The summed E-state index contributed by atoms with van der Waals surface area (Å²) in [6, 6.07) is 25.1. The Morgan fingerprint density at radius 2 is 1.73 bits per heavy atom. The molecule has 1 aliphatic heterocycles. The van der Waals surface area contributed by atoms with Crippen LogP contribution in [0, 0.1) is 0 Å². The molecule has 3 aromatic carbocycles. The summed E-state index contributed by atoms with van der Waals surface area (Å²) in [7, 11) is 0. The maximum Gasteiger partial charge on any atom is 0.255 e. The van der Waals surface area contributed by atoms with Gasteiger partial charge in [-0.05, 0) is 53.4 Å². The Balaban J connectivity index is 1.57. The van der Waals surface area contributed by atoms with E-state index in [9.17, 15) is 9.59 Å². The van der Waals surface area contributed by atoms with Crippen LogP contribution < -0.4 is 10.2 Å². The van der Waals surface area contributed by atoms with Crippen LogP contribution in [-0.2, 0) is 4.79 Å². The van der Waals surface area contributed by atoms with Gasteiger partial charge >= 0.3 is 0 Å². The van der Waals surface area contributed by atoms with Gasteiger partial charge in [0.05, 0.1) is 5.75 Å². The summed E-state index contributed by atoms with van der Waals surface area (Å²) in [5.74, 6) is 0.838. The molecule has 1 fully saturated rings. The van der Waals surface area contributed by atoms with Crippen LogP contribution in [0.15, 0.2) is 78.9 Å². The van der Waals surface area contributed by atoms with Crippen LogP contribution in [0.5, 0.6) is 0 Å². The second kappa shape index (κ2) is 8.76. The van der Waals surface area contributed by atoms with Crippen molar-refractivity contribution in [2.45, 2.75) is 25.1 Å². The van der Waals surface area contributed by atoms with Crippen molar-refractivity contribution in [1.82, 2.24) is 0 Å². The van der Waals surface area contributed by atoms with Crippen LogP contribution in [0.3, 0.4) is 0 Å². The molecule has 0 unspecified atom stereocenters. The quantitative estimate of drug-likeness (QED) is 0.568. The third kappa shape index (κ3) is 4.26. The van der Waals surface area contributed by atoms with Gasteiger partial charge in [0.1, 0.15) is 5.37 Å². The van der Waals surface area contributed by atoms with Crippen molar-refractivity contribution in [3.63, 3.8) is 0 Å². The largest absolute Gasteiger partial charge is 0.322 e. The van der Waals surface area contributed by atoms with Gasteiger partial charge in [-0.3, -0.25) is 14.5 Å². The molecule has 1 atom stereocenters. The van der Waals surface area contributed by atoms with Crippen LogP contribution in [0.25, 0.3) is 0 Å². The number of amides is 2. The third-order valence-corrected chi connectivity index (χ3v) is 6.38. The van der Waals surface area contributed by atoms with Crippen LogP contribution >= 0.6 is 11.8 Å². The average molecular weight is 417 g/mol. The summed E-state index contributed by atoms with van der Waals surface area (Å²) < 4.78 is 0. The maximum absolute atomic E-state index is 12.7. The molecule has 0 aromatic heterocycles. The van der Waals surface area contributed by atoms with Gasteiger partial charge in [0.2, 0.25) is 5.91 Å². The highest BCUT2D eigenvalue weighted by molar-refractivity contribution is 8.00. The van der Waals surface area contributed by atoms with Gasteiger partial charge in [-0.1, -0.05) is 56.3 Å². The van der Waals surface area contributed by atoms with E-state index in [1.165, 1.54) is 5.56 Å². The molecular weight excluding hydrogens is 392 g/mol. The minimum atomic E-state index is -0.149. The summed E-state index contributed by atoms with van der Waals surface area (Å²) in [5, 5.41) is 2.84. The fraction of sp³-hybridized carbons (Fsp3) is 0.200. The Morgan fingerprint density at radius 3 is 2.43 bits per heavy atom. The third-order valence-electron chi connectivity index (χ3n) is 5.17. The molecule has 1 N–H and O–H groups in total. The van der Waals surface area contributed by atoms with E-state index < -0.39 is 0 Å². The smallest absolute Gasteiger partial charge is 0.255 e. The van der Waals surface area contributed by atoms with E-state index in [1.807, 2.05) is 59.5 Å². The first-order chi connectivity index (χ1) is 14.5. The molecule has 3 aromatic rings. The van der Waals surface area contributed by atoms with E-state index in [0.29, 0.717) is 17.2 Å². The minimum absolute atomic E-state index is 0.0982. The van der Waals surface area contributed by atoms with Crippen molar-refractivity contribution in [2.75, 3.05) is 16.0 Å². The number of anilines is 2. The lowest BCUT2D eigenvalue weighted by atomic mass is 10.0. The predicted octanol–water partition coefficient (Wildman–Crippen LogP) is 5.84. The number of hydrogen-bond acceptors (Lipinski definition) is 3. The average Bonchev–Trinajstić information content (AvgIpc) is 3.16. The molecule has 30 heavy (non-hydrogen) atoms. The highest BCUT2D eigenvalue weighted by atomic mass is 32.2. The standard InChI is InChI=1S/C25H24N2O2S/c1-17(2)18-11-13-22(14-12-18)27-23(28)16-30-25(27)20-9-6-10-21(15-20)26-24(29)19-7-4-3-5-8-19/h3-15,17,25H,16H2,1-2H3,(H,26,29)/t25-/m0/s1. The molecule has 4 rings (SSSR count). The van der Waals surface area contributed by atoms with E-state index in [-0.39, 0.29) is 17.2 Å². The molecular formula is C25H24N2O2S. The second-order valence-electron chi connectivity index (χ2n) is 7.62. The summed E-state index contributed by atoms with van der Waals surface area (Å²) in [4.78, 5) is 27.0. The molecule has 1 heterocycles. The first-order valence-electron chi connectivity index (χ1n) is 10.0. The maximum atomic E-state index is 12.7. The molecule has 5 heteroatoms. The molecule has 0 bridgehead atoms. The molecule has 0 spiro atoms. The SMILES string of the molecule is CC(C)c1ccc(N2C(=O)CS[C@H]2c2cccc(NC(=O)c3ccccc3)c2)cc1. The Labute approximate surface area is 181 Å². The minimum Gasteiger partial charge on any atom is -0.322 e. The highest BCUT2D eigenvalue weighted by Gasteiger charge is 2.34. The van der Waals surface area contributed by atoms with E-state index in [0.717, 1.165) is 16.9 Å². The highest BCUT2D eigenvalue weighted by Crippen LogP contribution is 2.42. The summed E-state index contributed by atoms with van der Waals surface area (Å²) >= 11 is 1.60. The Hall–Kier alpha value is -3.05. The monoisotopic (exact) mass is 416 g/mol. The summed E-state index contributed by atoms with van der Waals surface area (Å²) in [5.41, 5.74) is 4.47. The first kappa shape index (κ1) is 20.2. The lowest BCUT2D eigenvalue weighted by molar-refractivity contribution is -0.115. The van der Waals surface area contributed by atoms with Gasteiger partial charge in [-0.25, -0.2) is 0 Å². The number of rotatable bonds is 5. The van der Waals surface area contributed by atoms with Crippen molar-refractivity contribution in [2.24, 2.45) is 0 Å². The molecule has 0 saturated carbocycles. The van der Waals surface area contributed by atoms with Crippen LogP contribution in [0.4, 0.5) is 11.4 Å². The van der Waals surface area contributed by atoms with Gasteiger partial charge in [0.15, 0.2) is 0 Å². The van der Waals surface area contributed by atoms with Gasteiger partial charge < -0.3 is 5.32 Å². The van der Waals surface area contributed by atoms with Crippen molar-refractivity contribution >= 4 is 35.0 Å². The fourth-order valence-electron chi connectivity index (χ4n) is 3.53. The molecule has 1 aliphatic rings. The van der Waals surface area contributed by atoms with Crippen molar-refractivity contribution in [1.29, 1.82) is 0 Å². The molecule has 2 amide bonds. The fourth-order valence-corrected chi connectivity index (χ4v) is 4.70. The van der Waals surface area contributed by atoms with Gasteiger partial charge in [0.25, 0.3) is 5.91 Å². The topological polar surface area (TPSA) is 49.4 Å². The van der Waals surface area contributed by atoms with Gasteiger partial charge in [0, 0.05) is 16.9 Å². The Morgan fingerprint density at radius 1 is 1.00 bits per heavy atom. The summed E-state index contributed by atoms with van der Waals surface area (Å²) in [6.45, 7) is 4.31. The zero-order valence-electron chi connectivity index (χ0n) is 17.0. The number of nitrogens with one attached hydrogen (secondary N) is 1. The van der Waals surface area contributed by atoms with E-state index in [4.69, 9.17) is 0 Å². The van der Waals surface area contributed by atoms with E-state index in [1.54, 1.807) is 23.9 Å². The van der Waals surface area contributed by atoms with Crippen LogP contribution in [0.1, 0.15) is 46.6 Å². The number of carbonyl (C=O) groups excluding carboxylic acids is 2. The Kier molecular flexibility index (Phi) is 5.91. The number of carbonyl (C=O) groups is 2. The zero-order chi connectivity index (χ0) is 21.1. The summed E-state index contributed by atoms with van der Waals surface area (Å²) in [6.07, 6.45) is 0. The van der Waals surface area contributed by atoms with Crippen molar-refractivity contribution in [3.8, 4) is 0 Å². The van der Waals surface area contributed by atoms with Crippen LogP contribution in [0.2, 0.25) is 0 Å². The van der Waals surface area contributed by atoms with Crippen LogP contribution in [-0.4, -0.2) is 17.6 Å². The molecule has 1 saturated heterocycles. The van der Waals surface area contributed by atoms with Crippen molar-refractivity contribution in [3.05, 3.63) is 95.6 Å². The van der Waals surface area contributed by atoms with Gasteiger partial charge in [-0.15, -0.1) is 11.8 Å². The zero-order valence-corrected chi connectivity index (χ0v) is 17.9. The van der Waals surface area contributed by atoms with Crippen molar-refractivity contribution < 1.29 is 9.59 Å². The predicted molar refractivity (Wildman–Crippen MR) is 124 cm³/mol. The van der Waals surface area contributed by atoms with E-state index in [2.05, 4.69) is 31.3 Å². The molecule has 0 aliphatic carbocycles.